The normalized spacial score (nSPS) is 8.85. The molecule has 0 atom stereocenters. The summed E-state index contributed by atoms with van der Waals surface area (Å²) in [6.07, 6.45) is 1.46. The largest absolute Gasteiger partial charge is 0.478 e. The fourth-order valence-corrected chi connectivity index (χ4v) is 1.32. The molecule has 0 unspecified atom stereocenters. The first-order valence-electron chi connectivity index (χ1n) is 5.46. The minimum Gasteiger partial charge on any atom is -0.478 e. The van der Waals surface area contributed by atoms with Gasteiger partial charge in [-0.25, -0.2) is 14.0 Å². The predicted molar refractivity (Wildman–Crippen MR) is 72.0 cm³/mol. The number of carboxylic acids is 1. The van der Waals surface area contributed by atoms with Crippen LogP contribution in [0.15, 0.2) is 53.5 Å². The maximum atomic E-state index is 12.6. The lowest BCUT2D eigenvalue weighted by molar-refractivity contribution is 0.0693. The van der Waals surface area contributed by atoms with E-state index in [-0.39, 0.29) is 5.69 Å². The van der Waals surface area contributed by atoms with Crippen LogP contribution in [0.2, 0.25) is 0 Å². The Morgan fingerprint density at radius 3 is 2.25 bits per heavy atom. The summed E-state index contributed by atoms with van der Waals surface area (Å²) in [6.45, 7) is 0. The second-order valence-corrected chi connectivity index (χ2v) is 3.55. The predicted octanol–water partition coefficient (Wildman–Crippen LogP) is 2.76. The van der Waals surface area contributed by atoms with Gasteiger partial charge in [-0.2, -0.15) is 4.99 Å². The van der Waals surface area contributed by atoms with Gasteiger partial charge in [-0.15, -0.1) is 0 Å². The first-order valence-corrected chi connectivity index (χ1v) is 5.46. The molecule has 6 heteroatoms. The number of nitrogens with zero attached hydrogens (tertiary/aromatic N) is 1. The maximum Gasteiger partial charge on any atom is 0.340 e. The molecule has 2 aromatic carbocycles. The van der Waals surface area contributed by atoms with Gasteiger partial charge in [0.1, 0.15) is 11.4 Å². The summed E-state index contributed by atoms with van der Waals surface area (Å²) >= 11 is 0. The topological polar surface area (TPSA) is 92.8 Å². The Balaban J connectivity index is 0.000000204. The number of carboxylic acid groups (broad SMARTS) is 1. The van der Waals surface area contributed by atoms with E-state index in [4.69, 9.17) is 10.8 Å². The Morgan fingerprint density at radius 2 is 1.80 bits per heavy atom. The van der Waals surface area contributed by atoms with E-state index < -0.39 is 17.3 Å². The maximum absolute atomic E-state index is 12.6. The summed E-state index contributed by atoms with van der Waals surface area (Å²) in [4.78, 5) is 23.4. The Bertz CT molecular complexity index is 618. The molecular weight excluding hydrogens is 263 g/mol. The SMILES string of the molecule is Nc1cccc(F)c1C(=O)O.O=C=Nc1ccccc1. The van der Waals surface area contributed by atoms with Crippen molar-refractivity contribution in [3.8, 4) is 0 Å². The van der Waals surface area contributed by atoms with E-state index >= 15 is 0 Å². The third-order valence-corrected chi connectivity index (χ3v) is 2.19. The molecule has 0 bridgehead atoms. The molecule has 0 amide bonds. The lowest BCUT2D eigenvalue weighted by Gasteiger charge is -1.99. The molecule has 0 aromatic heterocycles. The van der Waals surface area contributed by atoms with E-state index in [0.29, 0.717) is 5.69 Å². The second-order valence-electron chi connectivity index (χ2n) is 3.55. The van der Waals surface area contributed by atoms with Crippen LogP contribution in [0.1, 0.15) is 10.4 Å². The number of carbonyl (C=O) groups excluding carboxylic acids is 1. The fraction of sp³-hybridized carbons (Fsp3) is 0. The van der Waals surface area contributed by atoms with Crippen molar-refractivity contribution < 1.29 is 19.1 Å². The smallest absolute Gasteiger partial charge is 0.340 e. The zero-order valence-electron chi connectivity index (χ0n) is 10.3. The molecule has 0 aliphatic heterocycles. The number of para-hydroxylation sites is 1. The van der Waals surface area contributed by atoms with Crippen molar-refractivity contribution in [3.63, 3.8) is 0 Å². The highest BCUT2D eigenvalue weighted by atomic mass is 19.1. The third-order valence-electron chi connectivity index (χ3n) is 2.19. The zero-order chi connectivity index (χ0) is 15.0. The first kappa shape index (κ1) is 15.1. The molecule has 0 saturated heterocycles. The summed E-state index contributed by atoms with van der Waals surface area (Å²) in [5.74, 6) is -2.15. The number of nitrogen functional groups attached to an aromatic ring is 1. The van der Waals surface area contributed by atoms with Gasteiger partial charge < -0.3 is 10.8 Å². The van der Waals surface area contributed by atoms with Crippen molar-refractivity contribution in [2.45, 2.75) is 0 Å². The van der Waals surface area contributed by atoms with Gasteiger partial charge in [-0.1, -0.05) is 24.3 Å². The molecule has 2 rings (SSSR count). The number of aromatic carboxylic acids is 1. The van der Waals surface area contributed by atoms with Crippen LogP contribution in [0.4, 0.5) is 15.8 Å². The molecule has 0 saturated carbocycles. The van der Waals surface area contributed by atoms with Crippen LogP contribution < -0.4 is 5.73 Å². The molecule has 0 spiro atoms. The van der Waals surface area contributed by atoms with Gasteiger partial charge in [0.15, 0.2) is 0 Å². The number of rotatable bonds is 2. The van der Waals surface area contributed by atoms with Crippen molar-refractivity contribution in [2.24, 2.45) is 4.99 Å². The Morgan fingerprint density at radius 1 is 1.15 bits per heavy atom. The minimum absolute atomic E-state index is 0.0579. The van der Waals surface area contributed by atoms with Gasteiger partial charge in [0.25, 0.3) is 0 Å². The highest BCUT2D eigenvalue weighted by Crippen LogP contribution is 2.14. The fourth-order valence-electron chi connectivity index (χ4n) is 1.32. The van der Waals surface area contributed by atoms with E-state index in [1.165, 1.54) is 18.2 Å². The number of nitrogens with two attached hydrogens (primary N) is 1. The quantitative estimate of drug-likeness (QED) is 0.500. The van der Waals surface area contributed by atoms with Gasteiger partial charge in [0.05, 0.1) is 5.69 Å². The molecule has 0 fully saturated rings. The second kappa shape index (κ2) is 7.45. The van der Waals surface area contributed by atoms with E-state index in [9.17, 15) is 14.0 Å². The molecule has 0 aliphatic rings. The van der Waals surface area contributed by atoms with Crippen LogP contribution in [-0.4, -0.2) is 17.2 Å². The highest BCUT2D eigenvalue weighted by Gasteiger charge is 2.12. The van der Waals surface area contributed by atoms with E-state index in [2.05, 4.69) is 4.99 Å². The summed E-state index contributed by atoms with van der Waals surface area (Å²) in [5, 5.41) is 8.43. The third kappa shape index (κ3) is 4.36. The number of anilines is 1. The van der Waals surface area contributed by atoms with Gasteiger partial charge in [-0.3, -0.25) is 0 Å². The number of isocyanates is 1. The average molecular weight is 274 g/mol. The van der Waals surface area contributed by atoms with Crippen LogP contribution >= 0.6 is 0 Å². The van der Waals surface area contributed by atoms with E-state index in [1.807, 2.05) is 18.2 Å². The number of benzene rings is 2. The highest BCUT2D eigenvalue weighted by molar-refractivity contribution is 5.93. The number of carbonyl (C=O) groups is 1. The minimum atomic E-state index is -1.35. The van der Waals surface area contributed by atoms with Crippen molar-refractivity contribution >= 4 is 23.4 Å². The number of hydrogen-bond acceptors (Lipinski definition) is 4. The summed E-state index contributed by atoms with van der Waals surface area (Å²) in [5.41, 5.74) is 5.32. The Kier molecular flexibility index (Phi) is 5.62. The molecule has 5 nitrogen and oxygen atoms in total. The van der Waals surface area contributed by atoms with Crippen molar-refractivity contribution in [1.29, 1.82) is 0 Å². The first-order chi connectivity index (χ1) is 9.56. The van der Waals surface area contributed by atoms with Crippen LogP contribution in [0.3, 0.4) is 0 Å². The van der Waals surface area contributed by atoms with Crippen LogP contribution in [-0.2, 0) is 4.79 Å². The van der Waals surface area contributed by atoms with Gasteiger partial charge in [0.2, 0.25) is 6.08 Å². The lowest BCUT2D eigenvalue weighted by atomic mass is 10.2. The number of aliphatic imine (C=N–C) groups is 1. The molecule has 102 valence electrons. The van der Waals surface area contributed by atoms with Gasteiger partial charge in [-0.05, 0) is 24.3 Å². The Hall–Kier alpha value is -2.98. The van der Waals surface area contributed by atoms with E-state index in [0.717, 1.165) is 6.07 Å². The molecule has 3 N–H and O–H groups in total. The molecular formula is C14H11FN2O3. The van der Waals surface area contributed by atoms with Crippen LogP contribution in [0, 0.1) is 5.82 Å². The summed E-state index contributed by atoms with van der Waals surface area (Å²) < 4.78 is 12.6. The monoisotopic (exact) mass is 274 g/mol. The average Bonchev–Trinajstić information content (AvgIpc) is 2.40. The summed E-state index contributed by atoms with van der Waals surface area (Å²) in [7, 11) is 0. The molecule has 0 radical (unpaired) electrons. The molecule has 2 aromatic rings. The number of halogens is 1. The van der Waals surface area contributed by atoms with Crippen LogP contribution in [0.5, 0.6) is 0 Å². The van der Waals surface area contributed by atoms with Crippen molar-refractivity contribution in [1.82, 2.24) is 0 Å². The van der Waals surface area contributed by atoms with Gasteiger partial charge >= 0.3 is 5.97 Å². The Labute approximate surface area is 114 Å². The van der Waals surface area contributed by atoms with Crippen molar-refractivity contribution in [3.05, 3.63) is 59.9 Å². The zero-order valence-corrected chi connectivity index (χ0v) is 10.3. The molecule has 20 heavy (non-hydrogen) atoms. The summed E-state index contributed by atoms with van der Waals surface area (Å²) in [6, 6.07) is 12.7. The lowest BCUT2D eigenvalue weighted by Crippen LogP contribution is -2.04. The van der Waals surface area contributed by atoms with Crippen molar-refractivity contribution in [2.75, 3.05) is 5.73 Å². The van der Waals surface area contributed by atoms with Gasteiger partial charge in [0, 0.05) is 5.69 Å². The molecule has 0 aliphatic carbocycles. The van der Waals surface area contributed by atoms with E-state index in [1.54, 1.807) is 12.1 Å². The number of hydrogen-bond donors (Lipinski definition) is 2. The molecule has 0 heterocycles. The standard InChI is InChI=1S/C7H6FNO2.C7H5NO/c8-4-2-1-3-5(9)6(4)7(10)11;9-6-8-7-4-2-1-3-5-7/h1-3H,9H2,(H,10,11);1-5H. The van der Waals surface area contributed by atoms with Crippen LogP contribution in [0.25, 0.3) is 0 Å².